The van der Waals surface area contributed by atoms with E-state index in [1.54, 1.807) is 12.1 Å². The van der Waals surface area contributed by atoms with Crippen LogP contribution in [-0.4, -0.2) is 12.4 Å². The van der Waals surface area contributed by atoms with Crippen molar-refractivity contribution >= 4 is 11.9 Å². The van der Waals surface area contributed by atoms with Crippen molar-refractivity contribution in [2.24, 2.45) is 0 Å². The Balaban J connectivity index is 1.56. The fourth-order valence-corrected chi connectivity index (χ4v) is 2.29. The lowest BCUT2D eigenvalue weighted by molar-refractivity contribution is -0.0498. The molecule has 3 aromatic rings. The lowest BCUT2D eigenvalue weighted by Gasteiger charge is -2.04. The Kier molecular flexibility index (Phi) is 5.99. The largest absolute Gasteiger partial charge is 0.486 e. The summed E-state index contributed by atoms with van der Waals surface area (Å²) in [6.45, 7) is -2.62. The fourth-order valence-electron chi connectivity index (χ4n) is 2.29. The highest BCUT2D eigenvalue weighted by atomic mass is 19.3. The van der Waals surface area contributed by atoms with Gasteiger partial charge in [-0.05, 0) is 60.7 Å². The van der Waals surface area contributed by atoms with Gasteiger partial charge in [-0.15, -0.1) is 0 Å². The highest BCUT2D eigenvalue weighted by Crippen LogP contribution is 2.17. The minimum Gasteiger partial charge on any atom is -0.486 e. The second-order valence-electron chi connectivity index (χ2n) is 5.51. The van der Waals surface area contributed by atoms with Crippen LogP contribution in [0.25, 0.3) is 6.08 Å². The van der Waals surface area contributed by atoms with Gasteiger partial charge < -0.3 is 13.9 Å². The Morgan fingerprint density at radius 2 is 1.70 bits per heavy atom. The number of halogens is 2. The van der Waals surface area contributed by atoms with Crippen LogP contribution in [0.15, 0.2) is 77.2 Å². The Morgan fingerprint density at radius 3 is 2.41 bits per heavy atom. The topological polar surface area (TPSA) is 48.7 Å². The minimum atomic E-state index is -2.90. The third kappa shape index (κ3) is 5.54. The van der Waals surface area contributed by atoms with Gasteiger partial charge in [-0.1, -0.05) is 18.2 Å². The zero-order chi connectivity index (χ0) is 19.1. The number of hydrogen-bond acceptors (Lipinski definition) is 4. The van der Waals surface area contributed by atoms with Crippen molar-refractivity contribution in [3.63, 3.8) is 0 Å². The molecule has 0 N–H and O–H groups in total. The number of carbonyl (C=O) groups excluding carboxylic acids is 1. The molecule has 0 bridgehead atoms. The lowest BCUT2D eigenvalue weighted by atomic mass is 10.1. The van der Waals surface area contributed by atoms with E-state index in [0.717, 1.165) is 5.75 Å². The molecule has 0 aliphatic rings. The first-order valence-corrected chi connectivity index (χ1v) is 8.14. The van der Waals surface area contributed by atoms with E-state index < -0.39 is 6.61 Å². The number of alkyl halides is 2. The molecule has 3 rings (SSSR count). The van der Waals surface area contributed by atoms with Crippen LogP contribution in [0, 0.1) is 0 Å². The smallest absolute Gasteiger partial charge is 0.387 e. The maximum atomic E-state index is 12.1. The van der Waals surface area contributed by atoms with Crippen LogP contribution in [0.1, 0.15) is 21.9 Å². The van der Waals surface area contributed by atoms with E-state index in [1.807, 2.05) is 30.3 Å². The molecule has 0 amide bonds. The van der Waals surface area contributed by atoms with Crippen LogP contribution < -0.4 is 9.47 Å². The molecule has 0 aliphatic heterocycles. The summed E-state index contributed by atoms with van der Waals surface area (Å²) in [5, 5.41) is 0. The average Bonchev–Trinajstić information content (AvgIpc) is 3.13. The van der Waals surface area contributed by atoms with E-state index in [9.17, 15) is 13.6 Å². The summed E-state index contributed by atoms with van der Waals surface area (Å²) in [5.41, 5.74) is 0.354. The SMILES string of the molecule is O=C(/C=C/c1ccc(COc2ccccc2)o1)c1ccc(OC(F)F)cc1. The molecule has 1 aromatic heterocycles. The molecule has 27 heavy (non-hydrogen) atoms. The molecule has 0 aliphatic carbocycles. The molecule has 0 unspecified atom stereocenters. The Bertz CT molecular complexity index is 899. The van der Waals surface area contributed by atoms with Crippen molar-refractivity contribution in [1.29, 1.82) is 0 Å². The Morgan fingerprint density at radius 1 is 0.963 bits per heavy atom. The van der Waals surface area contributed by atoms with Crippen LogP contribution >= 0.6 is 0 Å². The minimum absolute atomic E-state index is 0.000350. The molecule has 0 saturated heterocycles. The van der Waals surface area contributed by atoms with Crippen molar-refractivity contribution in [3.8, 4) is 11.5 Å². The summed E-state index contributed by atoms with van der Waals surface area (Å²) in [6, 6.07) is 18.3. The maximum absolute atomic E-state index is 12.1. The molecule has 0 fully saturated rings. The number of hydrogen-bond donors (Lipinski definition) is 0. The summed E-state index contributed by atoms with van der Waals surface area (Å²) in [5.74, 6) is 1.59. The standard InChI is InChI=1S/C21H16F2O4/c22-21(23)27-18-8-6-15(7-9-18)20(24)13-12-17-10-11-19(26-17)14-25-16-4-2-1-3-5-16/h1-13,21H,14H2/b13-12+. The first kappa shape index (κ1) is 18.4. The van der Waals surface area contributed by atoms with Gasteiger partial charge in [-0.2, -0.15) is 8.78 Å². The van der Waals surface area contributed by atoms with E-state index in [2.05, 4.69) is 4.74 Å². The van der Waals surface area contributed by atoms with Gasteiger partial charge in [0.25, 0.3) is 0 Å². The number of rotatable bonds is 8. The van der Waals surface area contributed by atoms with Gasteiger partial charge in [0.1, 0.15) is 29.6 Å². The second-order valence-corrected chi connectivity index (χ2v) is 5.51. The molecule has 0 spiro atoms. The van der Waals surface area contributed by atoms with E-state index in [-0.39, 0.29) is 18.1 Å². The summed E-state index contributed by atoms with van der Waals surface area (Å²) in [6.07, 6.45) is 2.89. The van der Waals surface area contributed by atoms with E-state index in [4.69, 9.17) is 9.15 Å². The normalized spacial score (nSPS) is 11.1. The number of ketones is 1. The molecule has 0 saturated carbocycles. The van der Waals surface area contributed by atoms with Crippen molar-refractivity contribution in [1.82, 2.24) is 0 Å². The van der Waals surface area contributed by atoms with Crippen LogP contribution in [-0.2, 0) is 6.61 Å². The molecule has 6 heteroatoms. The van der Waals surface area contributed by atoms with Crippen LogP contribution in [0.2, 0.25) is 0 Å². The average molecular weight is 370 g/mol. The lowest BCUT2D eigenvalue weighted by Crippen LogP contribution is -2.02. The fraction of sp³-hybridized carbons (Fsp3) is 0.0952. The molecule has 2 aromatic carbocycles. The van der Waals surface area contributed by atoms with Gasteiger partial charge in [0, 0.05) is 5.56 Å². The van der Waals surface area contributed by atoms with Crippen LogP contribution in [0.5, 0.6) is 11.5 Å². The molecule has 4 nitrogen and oxygen atoms in total. The number of carbonyl (C=O) groups is 1. The van der Waals surface area contributed by atoms with Crippen molar-refractivity contribution < 1.29 is 27.5 Å². The first-order chi connectivity index (χ1) is 13.1. The Labute approximate surface area is 154 Å². The van der Waals surface area contributed by atoms with Gasteiger partial charge in [-0.25, -0.2) is 0 Å². The van der Waals surface area contributed by atoms with Crippen molar-refractivity contribution in [2.45, 2.75) is 13.2 Å². The zero-order valence-corrected chi connectivity index (χ0v) is 14.2. The number of benzene rings is 2. The number of allylic oxidation sites excluding steroid dienone is 1. The monoisotopic (exact) mass is 370 g/mol. The zero-order valence-electron chi connectivity index (χ0n) is 14.2. The highest BCUT2D eigenvalue weighted by Gasteiger charge is 2.07. The van der Waals surface area contributed by atoms with Gasteiger partial charge >= 0.3 is 6.61 Å². The molecular formula is C21H16F2O4. The summed E-state index contributed by atoms with van der Waals surface area (Å²) >= 11 is 0. The van der Waals surface area contributed by atoms with Gasteiger partial charge in [0.05, 0.1) is 0 Å². The van der Waals surface area contributed by atoms with Gasteiger partial charge in [-0.3, -0.25) is 4.79 Å². The summed E-state index contributed by atoms with van der Waals surface area (Å²) in [4.78, 5) is 12.1. The third-order valence-corrected chi connectivity index (χ3v) is 3.57. The van der Waals surface area contributed by atoms with Crippen molar-refractivity contribution in [2.75, 3.05) is 0 Å². The molecule has 138 valence electrons. The van der Waals surface area contributed by atoms with Crippen molar-refractivity contribution in [3.05, 3.63) is 89.9 Å². The molecule has 1 heterocycles. The molecular weight excluding hydrogens is 354 g/mol. The van der Waals surface area contributed by atoms with E-state index >= 15 is 0 Å². The van der Waals surface area contributed by atoms with E-state index in [1.165, 1.54) is 36.4 Å². The quantitative estimate of drug-likeness (QED) is 0.396. The summed E-state index contributed by atoms with van der Waals surface area (Å²) in [7, 11) is 0. The van der Waals surface area contributed by atoms with E-state index in [0.29, 0.717) is 17.1 Å². The number of furan rings is 1. The predicted molar refractivity (Wildman–Crippen MR) is 95.9 cm³/mol. The third-order valence-electron chi connectivity index (χ3n) is 3.57. The van der Waals surface area contributed by atoms with Gasteiger partial charge in [0.15, 0.2) is 5.78 Å². The summed E-state index contributed by atoms with van der Waals surface area (Å²) < 4.78 is 39.7. The highest BCUT2D eigenvalue weighted by molar-refractivity contribution is 6.06. The predicted octanol–water partition coefficient (Wildman–Crippen LogP) is 5.36. The first-order valence-electron chi connectivity index (χ1n) is 8.14. The molecule has 0 radical (unpaired) electrons. The van der Waals surface area contributed by atoms with Crippen LogP contribution in [0.4, 0.5) is 8.78 Å². The maximum Gasteiger partial charge on any atom is 0.387 e. The number of para-hydroxylation sites is 1. The second kappa shape index (κ2) is 8.80. The molecule has 0 atom stereocenters. The van der Waals surface area contributed by atoms with Gasteiger partial charge in [0.2, 0.25) is 0 Å². The number of ether oxygens (including phenoxy) is 2. The Hall–Kier alpha value is -3.41. The van der Waals surface area contributed by atoms with Crippen LogP contribution in [0.3, 0.4) is 0 Å².